The van der Waals surface area contributed by atoms with Gasteiger partial charge in [-0.05, 0) is 48.6 Å². The molecule has 0 bridgehead atoms. The highest BCUT2D eigenvalue weighted by molar-refractivity contribution is 7.80. The van der Waals surface area contributed by atoms with Crippen LogP contribution in [0, 0.1) is 0 Å². The van der Waals surface area contributed by atoms with Crippen molar-refractivity contribution in [3.05, 3.63) is 102 Å². The van der Waals surface area contributed by atoms with Gasteiger partial charge in [0.15, 0.2) is 0 Å². The van der Waals surface area contributed by atoms with Crippen LogP contribution in [0.15, 0.2) is 84.9 Å². The van der Waals surface area contributed by atoms with E-state index in [2.05, 4.69) is 0 Å². The SMILES string of the molecule is O=C1c2ccccc2C(=O)N1CCOC(=S)N(C(=O)c1ccccc1)c1ccccc1. The Labute approximate surface area is 184 Å². The van der Waals surface area contributed by atoms with E-state index < -0.39 is 0 Å². The van der Waals surface area contributed by atoms with Gasteiger partial charge in [0, 0.05) is 5.56 Å². The van der Waals surface area contributed by atoms with Crippen molar-refractivity contribution in [3.8, 4) is 0 Å². The molecule has 0 radical (unpaired) electrons. The first-order chi connectivity index (χ1) is 15.1. The van der Waals surface area contributed by atoms with Crippen molar-refractivity contribution >= 4 is 40.8 Å². The lowest BCUT2D eigenvalue weighted by atomic mass is 10.1. The van der Waals surface area contributed by atoms with Crippen molar-refractivity contribution in [2.75, 3.05) is 18.1 Å². The van der Waals surface area contributed by atoms with Crippen LogP contribution in [0.5, 0.6) is 0 Å². The average Bonchev–Trinajstić information content (AvgIpc) is 3.05. The largest absolute Gasteiger partial charge is 0.468 e. The fourth-order valence-corrected chi connectivity index (χ4v) is 3.60. The summed E-state index contributed by atoms with van der Waals surface area (Å²) >= 11 is 5.40. The number of para-hydroxylation sites is 1. The molecule has 6 nitrogen and oxygen atoms in total. The van der Waals surface area contributed by atoms with E-state index in [9.17, 15) is 14.4 Å². The molecular formula is C24H18N2O4S. The van der Waals surface area contributed by atoms with E-state index in [0.717, 1.165) is 4.90 Å². The first-order valence-corrected chi connectivity index (χ1v) is 10.1. The van der Waals surface area contributed by atoms with Gasteiger partial charge in [-0.2, -0.15) is 0 Å². The molecule has 0 unspecified atom stereocenters. The molecule has 154 valence electrons. The quantitative estimate of drug-likeness (QED) is 0.453. The number of hydrogen-bond donors (Lipinski definition) is 0. The zero-order valence-electron chi connectivity index (χ0n) is 16.4. The highest BCUT2D eigenvalue weighted by Gasteiger charge is 2.35. The minimum Gasteiger partial charge on any atom is -0.468 e. The summed E-state index contributed by atoms with van der Waals surface area (Å²) in [5.41, 5.74) is 1.76. The van der Waals surface area contributed by atoms with E-state index in [1.165, 1.54) is 4.90 Å². The minimum atomic E-state index is -0.365. The van der Waals surface area contributed by atoms with Gasteiger partial charge in [-0.15, -0.1) is 0 Å². The van der Waals surface area contributed by atoms with Gasteiger partial charge in [-0.3, -0.25) is 19.3 Å². The van der Waals surface area contributed by atoms with Crippen LogP contribution in [0.2, 0.25) is 0 Å². The van der Waals surface area contributed by atoms with Gasteiger partial charge in [-0.1, -0.05) is 48.5 Å². The molecule has 1 aliphatic rings. The Hall–Kier alpha value is -3.84. The third-order valence-electron chi connectivity index (χ3n) is 4.84. The van der Waals surface area contributed by atoms with E-state index in [1.807, 2.05) is 12.1 Å². The number of rotatable bonds is 5. The number of amides is 3. The number of carbonyl (C=O) groups excluding carboxylic acids is 3. The van der Waals surface area contributed by atoms with E-state index in [0.29, 0.717) is 22.4 Å². The highest BCUT2D eigenvalue weighted by Crippen LogP contribution is 2.22. The van der Waals surface area contributed by atoms with Crippen molar-refractivity contribution < 1.29 is 19.1 Å². The number of imide groups is 1. The van der Waals surface area contributed by atoms with E-state index in [4.69, 9.17) is 17.0 Å². The van der Waals surface area contributed by atoms with E-state index >= 15 is 0 Å². The van der Waals surface area contributed by atoms with Crippen LogP contribution in [0.1, 0.15) is 31.1 Å². The van der Waals surface area contributed by atoms with E-state index in [-0.39, 0.29) is 36.0 Å². The molecule has 0 fully saturated rings. The van der Waals surface area contributed by atoms with Gasteiger partial charge < -0.3 is 4.74 Å². The number of ether oxygens (including phenoxy) is 1. The van der Waals surface area contributed by atoms with Crippen LogP contribution in [-0.4, -0.2) is 40.9 Å². The molecule has 0 saturated carbocycles. The highest BCUT2D eigenvalue weighted by atomic mass is 32.1. The molecule has 4 rings (SSSR count). The molecule has 3 aromatic rings. The smallest absolute Gasteiger partial charge is 0.271 e. The summed E-state index contributed by atoms with van der Waals surface area (Å²) in [7, 11) is 0. The Kier molecular flexibility index (Phi) is 5.86. The van der Waals surface area contributed by atoms with Crippen molar-refractivity contribution in [2.24, 2.45) is 0 Å². The normalized spacial score (nSPS) is 12.5. The van der Waals surface area contributed by atoms with Crippen LogP contribution in [0.25, 0.3) is 0 Å². The summed E-state index contributed by atoms with van der Waals surface area (Å²) in [6, 6.07) is 24.3. The predicted octanol–water partition coefficient (Wildman–Crippen LogP) is 3.93. The summed E-state index contributed by atoms with van der Waals surface area (Å²) in [5, 5.41) is -0.0586. The third-order valence-corrected chi connectivity index (χ3v) is 5.14. The second kappa shape index (κ2) is 8.89. The van der Waals surface area contributed by atoms with Crippen molar-refractivity contribution in [2.45, 2.75) is 0 Å². The zero-order valence-corrected chi connectivity index (χ0v) is 17.2. The summed E-state index contributed by atoms with van der Waals surface area (Å²) in [6.07, 6.45) is 0. The van der Waals surface area contributed by atoms with Crippen LogP contribution >= 0.6 is 12.2 Å². The summed E-state index contributed by atoms with van der Waals surface area (Å²) in [5.74, 6) is -1.07. The molecule has 1 aliphatic heterocycles. The van der Waals surface area contributed by atoms with Crippen molar-refractivity contribution in [3.63, 3.8) is 0 Å². The number of thiocarbonyl (C=S) groups is 1. The lowest BCUT2D eigenvalue weighted by Gasteiger charge is -2.24. The Morgan fingerprint density at radius 2 is 1.32 bits per heavy atom. The standard InChI is InChI=1S/C24H18N2O4S/c27-21(17-9-3-1-4-10-17)26(18-11-5-2-6-12-18)24(31)30-16-15-25-22(28)19-13-7-8-14-20(19)23(25)29/h1-14H,15-16H2. The number of carbonyl (C=O) groups is 3. The predicted molar refractivity (Wildman–Crippen MR) is 120 cm³/mol. The second-order valence-electron chi connectivity index (χ2n) is 6.76. The summed E-state index contributed by atoms with van der Waals surface area (Å²) in [4.78, 5) is 40.5. The maximum absolute atomic E-state index is 13.1. The summed E-state index contributed by atoms with van der Waals surface area (Å²) in [6.45, 7) is -0.00957. The molecule has 3 amide bonds. The minimum absolute atomic E-state index is 0.0225. The monoisotopic (exact) mass is 430 g/mol. The molecule has 31 heavy (non-hydrogen) atoms. The summed E-state index contributed by atoms with van der Waals surface area (Å²) < 4.78 is 5.65. The third kappa shape index (κ3) is 4.08. The van der Waals surface area contributed by atoms with Gasteiger partial charge in [0.05, 0.1) is 23.4 Å². The second-order valence-corrected chi connectivity index (χ2v) is 7.11. The Morgan fingerprint density at radius 3 is 1.90 bits per heavy atom. The maximum atomic E-state index is 13.1. The molecule has 7 heteroatoms. The van der Waals surface area contributed by atoms with Crippen LogP contribution in [0.3, 0.4) is 0 Å². The molecule has 0 N–H and O–H groups in total. The molecule has 0 aliphatic carbocycles. The molecule has 0 saturated heterocycles. The number of anilines is 1. The van der Waals surface area contributed by atoms with E-state index in [1.54, 1.807) is 72.8 Å². The van der Waals surface area contributed by atoms with Gasteiger partial charge in [-0.25, -0.2) is 4.90 Å². The molecule has 1 heterocycles. The first kappa shape index (κ1) is 20.4. The number of hydrogen-bond acceptors (Lipinski definition) is 5. The first-order valence-electron chi connectivity index (χ1n) is 9.64. The number of benzene rings is 3. The zero-order chi connectivity index (χ0) is 21.8. The van der Waals surface area contributed by atoms with Gasteiger partial charge in [0.1, 0.15) is 6.61 Å². The van der Waals surface area contributed by atoms with Crippen LogP contribution < -0.4 is 4.90 Å². The average molecular weight is 430 g/mol. The van der Waals surface area contributed by atoms with Gasteiger partial charge in [0.25, 0.3) is 22.9 Å². The van der Waals surface area contributed by atoms with Gasteiger partial charge >= 0.3 is 0 Å². The van der Waals surface area contributed by atoms with Crippen LogP contribution in [-0.2, 0) is 4.74 Å². The lowest BCUT2D eigenvalue weighted by molar-refractivity contribution is 0.0627. The molecule has 0 spiro atoms. The molecule has 0 aromatic heterocycles. The number of fused-ring (bicyclic) bond motifs is 1. The molecular weight excluding hydrogens is 412 g/mol. The Balaban J connectivity index is 1.47. The lowest BCUT2D eigenvalue weighted by Crippen LogP contribution is -2.39. The van der Waals surface area contributed by atoms with Crippen LogP contribution in [0.4, 0.5) is 5.69 Å². The fraction of sp³-hybridized carbons (Fsp3) is 0.0833. The fourth-order valence-electron chi connectivity index (χ4n) is 3.32. The Morgan fingerprint density at radius 1 is 0.806 bits per heavy atom. The molecule has 0 atom stereocenters. The Bertz CT molecular complexity index is 1110. The van der Waals surface area contributed by atoms with Crippen molar-refractivity contribution in [1.82, 2.24) is 4.90 Å². The molecule has 3 aromatic carbocycles. The number of nitrogens with zero attached hydrogens (tertiary/aromatic N) is 2. The maximum Gasteiger partial charge on any atom is 0.271 e. The topological polar surface area (TPSA) is 66.9 Å². The van der Waals surface area contributed by atoms with Crippen molar-refractivity contribution in [1.29, 1.82) is 0 Å². The van der Waals surface area contributed by atoms with Gasteiger partial charge in [0.2, 0.25) is 0 Å².